The Morgan fingerprint density at radius 2 is 2.25 bits per heavy atom. The van der Waals surface area contributed by atoms with Gasteiger partial charge in [-0.2, -0.15) is 0 Å². The van der Waals surface area contributed by atoms with Gasteiger partial charge in [-0.1, -0.05) is 6.07 Å². The summed E-state index contributed by atoms with van der Waals surface area (Å²) in [6.07, 6.45) is -0.0495. The summed E-state index contributed by atoms with van der Waals surface area (Å²) in [6, 6.07) is 5.14. The Bertz CT molecular complexity index is 307. The SMILES string of the molecule is Cc1cc(N)ccc1CC(=O)[O-]. The number of carbonyl (C=O) groups excluding carboxylic acids is 1. The second kappa shape index (κ2) is 3.26. The van der Waals surface area contributed by atoms with Crippen LogP contribution in [-0.2, 0) is 11.2 Å². The molecule has 0 aliphatic carbocycles. The molecule has 3 heteroatoms. The summed E-state index contributed by atoms with van der Waals surface area (Å²) in [6.45, 7) is 1.83. The summed E-state index contributed by atoms with van der Waals surface area (Å²) in [5.74, 6) is -1.07. The monoisotopic (exact) mass is 164 g/mol. The number of carboxylic acid groups (broad SMARTS) is 1. The van der Waals surface area contributed by atoms with Gasteiger partial charge in [-0.3, -0.25) is 0 Å². The molecule has 0 fully saturated rings. The van der Waals surface area contributed by atoms with Gasteiger partial charge in [0.15, 0.2) is 0 Å². The number of rotatable bonds is 2. The summed E-state index contributed by atoms with van der Waals surface area (Å²) in [4.78, 5) is 10.3. The van der Waals surface area contributed by atoms with Crippen molar-refractivity contribution in [3.63, 3.8) is 0 Å². The van der Waals surface area contributed by atoms with Gasteiger partial charge in [0, 0.05) is 18.1 Å². The van der Waals surface area contributed by atoms with Crippen molar-refractivity contribution in [1.29, 1.82) is 0 Å². The molecule has 12 heavy (non-hydrogen) atoms. The standard InChI is InChI=1S/C9H11NO2/c1-6-4-8(10)3-2-7(6)5-9(11)12/h2-4H,5,10H2,1H3,(H,11,12)/p-1. The van der Waals surface area contributed by atoms with Crippen molar-refractivity contribution in [3.05, 3.63) is 29.3 Å². The van der Waals surface area contributed by atoms with Gasteiger partial charge < -0.3 is 15.6 Å². The molecule has 0 unspecified atom stereocenters. The number of nitrogens with two attached hydrogens (primary N) is 1. The quantitative estimate of drug-likeness (QED) is 0.619. The molecule has 0 spiro atoms. The van der Waals surface area contributed by atoms with Gasteiger partial charge in [-0.25, -0.2) is 0 Å². The van der Waals surface area contributed by atoms with Crippen LogP contribution in [0, 0.1) is 6.92 Å². The third-order valence-electron chi connectivity index (χ3n) is 1.70. The maximum atomic E-state index is 10.3. The highest BCUT2D eigenvalue weighted by Crippen LogP contribution is 2.12. The number of hydrogen-bond donors (Lipinski definition) is 1. The molecule has 0 heterocycles. The van der Waals surface area contributed by atoms with Crippen molar-refractivity contribution in [2.75, 3.05) is 5.73 Å². The lowest BCUT2D eigenvalue weighted by Crippen LogP contribution is -2.24. The van der Waals surface area contributed by atoms with E-state index in [1.54, 1.807) is 18.2 Å². The van der Waals surface area contributed by atoms with E-state index in [2.05, 4.69) is 0 Å². The molecule has 64 valence electrons. The van der Waals surface area contributed by atoms with E-state index in [1.165, 1.54) is 0 Å². The van der Waals surface area contributed by atoms with Gasteiger partial charge in [-0.15, -0.1) is 0 Å². The molecule has 1 rings (SSSR count). The molecule has 0 bridgehead atoms. The fourth-order valence-electron chi connectivity index (χ4n) is 1.07. The molecule has 1 aromatic carbocycles. The summed E-state index contributed by atoms with van der Waals surface area (Å²) in [5.41, 5.74) is 7.79. The third kappa shape index (κ3) is 1.99. The van der Waals surface area contributed by atoms with Crippen LogP contribution in [0.1, 0.15) is 11.1 Å². The van der Waals surface area contributed by atoms with Crippen molar-refractivity contribution in [2.45, 2.75) is 13.3 Å². The van der Waals surface area contributed by atoms with Crippen LogP contribution in [0.5, 0.6) is 0 Å². The highest BCUT2D eigenvalue weighted by atomic mass is 16.4. The molecular formula is C9H10NO2-. The number of anilines is 1. The average Bonchev–Trinajstić information content (AvgIpc) is 1.94. The number of aliphatic carboxylic acids is 1. The first-order valence-corrected chi connectivity index (χ1v) is 3.64. The second-order valence-corrected chi connectivity index (χ2v) is 2.73. The molecule has 1 aromatic rings. The molecule has 0 aliphatic heterocycles. The lowest BCUT2D eigenvalue weighted by Gasteiger charge is -2.06. The van der Waals surface area contributed by atoms with E-state index in [4.69, 9.17) is 5.73 Å². The zero-order chi connectivity index (χ0) is 9.14. The summed E-state index contributed by atoms with van der Waals surface area (Å²) in [7, 11) is 0. The van der Waals surface area contributed by atoms with Crippen LogP contribution >= 0.6 is 0 Å². The van der Waals surface area contributed by atoms with Crippen LogP contribution in [0.15, 0.2) is 18.2 Å². The number of carbonyl (C=O) groups is 1. The normalized spacial score (nSPS) is 9.75. The lowest BCUT2D eigenvalue weighted by atomic mass is 10.1. The first kappa shape index (κ1) is 8.59. The fraction of sp³-hybridized carbons (Fsp3) is 0.222. The highest BCUT2D eigenvalue weighted by Gasteiger charge is 1.98. The summed E-state index contributed by atoms with van der Waals surface area (Å²) >= 11 is 0. The van der Waals surface area contributed by atoms with Crippen molar-refractivity contribution in [1.82, 2.24) is 0 Å². The topological polar surface area (TPSA) is 66.2 Å². The van der Waals surface area contributed by atoms with Crippen molar-refractivity contribution in [2.24, 2.45) is 0 Å². The molecule has 0 aliphatic rings. The molecule has 0 radical (unpaired) electrons. The van der Waals surface area contributed by atoms with Crippen molar-refractivity contribution < 1.29 is 9.90 Å². The van der Waals surface area contributed by atoms with Gasteiger partial charge in [0.2, 0.25) is 0 Å². The molecule has 0 amide bonds. The smallest absolute Gasteiger partial charge is 0.0458 e. The zero-order valence-corrected chi connectivity index (χ0v) is 6.83. The maximum absolute atomic E-state index is 10.3. The Morgan fingerprint density at radius 1 is 1.58 bits per heavy atom. The third-order valence-corrected chi connectivity index (χ3v) is 1.70. The number of nitrogen functional groups attached to an aromatic ring is 1. The Morgan fingerprint density at radius 3 is 2.75 bits per heavy atom. The van der Waals surface area contributed by atoms with Gasteiger partial charge in [0.25, 0.3) is 0 Å². The van der Waals surface area contributed by atoms with Crippen LogP contribution < -0.4 is 10.8 Å². The molecule has 0 atom stereocenters. The number of aryl methyl sites for hydroxylation is 1. The van der Waals surface area contributed by atoms with E-state index in [9.17, 15) is 9.90 Å². The zero-order valence-electron chi connectivity index (χ0n) is 6.83. The Labute approximate surface area is 70.8 Å². The van der Waals surface area contributed by atoms with Crippen LogP contribution in [0.2, 0.25) is 0 Å². The minimum atomic E-state index is -1.07. The lowest BCUT2D eigenvalue weighted by molar-refractivity contribution is -0.304. The molecule has 3 nitrogen and oxygen atoms in total. The van der Waals surface area contributed by atoms with Gasteiger partial charge in [-0.05, 0) is 30.2 Å². The predicted octanol–water partition coefficient (Wildman–Crippen LogP) is -0.130. The van der Waals surface area contributed by atoms with E-state index in [-0.39, 0.29) is 6.42 Å². The van der Waals surface area contributed by atoms with Crippen LogP contribution in [-0.4, -0.2) is 5.97 Å². The molecule has 0 saturated carbocycles. The van der Waals surface area contributed by atoms with E-state index in [0.717, 1.165) is 11.1 Å². The van der Waals surface area contributed by atoms with E-state index in [0.29, 0.717) is 5.69 Å². The number of benzene rings is 1. The predicted molar refractivity (Wildman–Crippen MR) is 44.3 cm³/mol. The Balaban J connectivity index is 2.93. The molecule has 0 saturated heterocycles. The van der Waals surface area contributed by atoms with Crippen LogP contribution in [0.3, 0.4) is 0 Å². The Hall–Kier alpha value is -1.51. The first-order valence-electron chi connectivity index (χ1n) is 3.64. The molecule has 2 N–H and O–H groups in total. The van der Waals surface area contributed by atoms with Crippen molar-refractivity contribution >= 4 is 11.7 Å². The fourth-order valence-corrected chi connectivity index (χ4v) is 1.07. The second-order valence-electron chi connectivity index (χ2n) is 2.73. The van der Waals surface area contributed by atoms with E-state index in [1.807, 2.05) is 6.92 Å². The molecular weight excluding hydrogens is 154 g/mol. The van der Waals surface area contributed by atoms with Gasteiger partial charge >= 0.3 is 0 Å². The minimum Gasteiger partial charge on any atom is -0.550 e. The van der Waals surface area contributed by atoms with Gasteiger partial charge in [0.1, 0.15) is 0 Å². The maximum Gasteiger partial charge on any atom is 0.0458 e. The van der Waals surface area contributed by atoms with Crippen LogP contribution in [0.4, 0.5) is 5.69 Å². The van der Waals surface area contributed by atoms with E-state index < -0.39 is 5.97 Å². The number of hydrogen-bond acceptors (Lipinski definition) is 3. The van der Waals surface area contributed by atoms with Gasteiger partial charge in [0.05, 0.1) is 0 Å². The highest BCUT2D eigenvalue weighted by molar-refractivity contribution is 5.69. The van der Waals surface area contributed by atoms with Crippen molar-refractivity contribution in [3.8, 4) is 0 Å². The number of carboxylic acids is 1. The first-order chi connectivity index (χ1) is 5.59. The summed E-state index contributed by atoms with van der Waals surface area (Å²) in [5, 5.41) is 10.3. The van der Waals surface area contributed by atoms with E-state index >= 15 is 0 Å². The minimum absolute atomic E-state index is 0.0495. The molecule has 0 aromatic heterocycles. The van der Waals surface area contributed by atoms with Crippen LogP contribution in [0.25, 0.3) is 0 Å². The largest absolute Gasteiger partial charge is 0.550 e. The Kier molecular flexibility index (Phi) is 2.33. The average molecular weight is 164 g/mol. The summed E-state index contributed by atoms with van der Waals surface area (Å²) < 4.78 is 0.